The van der Waals surface area contributed by atoms with Crippen molar-refractivity contribution < 1.29 is 19.2 Å². The highest BCUT2D eigenvalue weighted by molar-refractivity contribution is 5.94. The van der Waals surface area contributed by atoms with Crippen LogP contribution in [0.3, 0.4) is 0 Å². The van der Waals surface area contributed by atoms with Crippen LogP contribution in [0.2, 0.25) is 0 Å². The topological polar surface area (TPSA) is 76.7 Å². The molecular weight excluding hydrogens is 368 g/mol. The summed E-state index contributed by atoms with van der Waals surface area (Å²) in [5.74, 6) is 0.0530. The van der Waals surface area contributed by atoms with Gasteiger partial charge in [0.2, 0.25) is 5.91 Å². The number of carbonyl (C=O) groups is 2. The number of anilines is 1. The van der Waals surface area contributed by atoms with E-state index in [1.807, 2.05) is 49.4 Å². The maximum atomic E-state index is 12.3. The van der Waals surface area contributed by atoms with Gasteiger partial charge < -0.3 is 10.1 Å². The summed E-state index contributed by atoms with van der Waals surface area (Å²) < 4.78 is 5.37. The van der Waals surface area contributed by atoms with E-state index in [1.165, 1.54) is 0 Å². The number of amides is 2. The van der Waals surface area contributed by atoms with Crippen LogP contribution in [0, 0.1) is 0 Å². The molecule has 0 fully saturated rings. The second kappa shape index (κ2) is 9.71. The molecule has 0 saturated carbocycles. The summed E-state index contributed by atoms with van der Waals surface area (Å²) in [5, 5.41) is 4.83. The normalized spacial score (nSPS) is 11.7. The molecule has 3 rings (SSSR count). The van der Waals surface area contributed by atoms with Crippen LogP contribution in [-0.4, -0.2) is 24.5 Å². The van der Waals surface area contributed by atoms with Crippen molar-refractivity contribution >= 4 is 28.3 Å². The molecule has 2 N–H and O–H groups in total. The Morgan fingerprint density at radius 3 is 2.45 bits per heavy atom. The van der Waals surface area contributed by atoms with E-state index in [0.717, 1.165) is 22.1 Å². The minimum Gasteiger partial charge on any atom is -0.494 e. The van der Waals surface area contributed by atoms with Crippen LogP contribution >= 0.6 is 0 Å². The lowest BCUT2D eigenvalue weighted by Crippen LogP contribution is -2.36. The minimum atomic E-state index is -0.849. The molecule has 150 valence electrons. The Balaban J connectivity index is 1.50. The highest BCUT2D eigenvalue weighted by Gasteiger charge is 2.16. The van der Waals surface area contributed by atoms with E-state index in [9.17, 15) is 9.59 Å². The molecule has 0 heterocycles. The van der Waals surface area contributed by atoms with Gasteiger partial charge in [0.25, 0.3) is 5.91 Å². The Kier molecular flexibility index (Phi) is 6.81. The molecule has 0 radical (unpaired) electrons. The molecule has 29 heavy (non-hydrogen) atoms. The lowest BCUT2D eigenvalue weighted by molar-refractivity contribution is -0.143. The Morgan fingerprint density at radius 1 is 0.966 bits per heavy atom. The first-order valence-electron chi connectivity index (χ1n) is 9.51. The molecule has 0 saturated heterocycles. The van der Waals surface area contributed by atoms with Crippen molar-refractivity contribution in [2.45, 2.75) is 26.4 Å². The standard InChI is InChI=1S/C23H24N2O4/c1-3-28-20-13-11-19(12-14-20)24-23(27)16(2)29-25-22(26)15-18-9-6-8-17-7-4-5-10-21(17)18/h4-14,16H,3,15H2,1-2H3,(H,24,27)(H,25,26). The van der Waals surface area contributed by atoms with Gasteiger partial charge in [-0.2, -0.15) is 0 Å². The average molecular weight is 392 g/mol. The van der Waals surface area contributed by atoms with Crippen molar-refractivity contribution in [1.82, 2.24) is 5.48 Å². The van der Waals surface area contributed by atoms with Crippen LogP contribution < -0.4 is 15.5 Å². The molecule has 0 bridgehead atoms. The fourth-order valence-corrected chi connectivity index (χ4v) is 2.91. The summed E-state index contributed by atoms with van der Waals surface area (Å²) in [7, 11) is 0. The Labute approximate surface area is 169 Å². The zero-order valence-corrected chi connectivity index (χ0v) is 16.5. The van der Waals surface area contributed by atoms with Crippen LogP contribution in [0.25, 0.3) is 10.8 Å². The minimum absolute atomic E-state index is 0.161. The number of benzene rings is 3. The molecule has 0 spiro atoms. The molecular formula is C23H24N2O4. The smallest absolute Gasteiger partial charge is 0.255 e. The van der Waals surface area contributed by atoms with E-state index < -0.39 is 6.10 Å². The van der Waals surface area contributed by atoms with Crippen LogP contribution in [-0.2, 0) is 20.8 Å². The number of fused-ring (bicyclic) bond motifs is 1. The van der Waals surface area contributed by atoms with Gasteiger partial charge in [-0.1, -0.05) is 42.5 Å². The number of hydroxylamine groups is 1. The fraction of sp³-hybridized carbons (Fsp3) is 0.217. The maximum absolute atomic E-state index is 12.3. The average Bonchev–Trinajstić information content (AvgIpc) is 2.74. The van der Waals surface area contributed by atoms with Gasteiger partial charge in [0.05, 0.1) is 13.0 Å². The third-order valence-corrected chi connectivity index (χ3v) is 4.38. The van der Waals surface area contributed by atoms with E-state index in [4.69, 9.17) is 9.57 Å². The molecule has 1 unspecified atom stereocenters. The van der Waals surface area contributed by atoms with Crippen molar-refractivity contribution in [3.05, 3.63) is 72.3 Å². The van der Waals surface area contributed by atoms with Gasteiger partial charge >= 0.3 is 0 Å². The second-order valence-electron chi connectivity index (χ2n) is 6.55. The molecule has 6 nitrogen and oxygen atoms in total. The summed E-state index contributed by atoms with van der Waals surface area (Å²) in [6.45, 7) is 4.06. The van der Waals surface area contributed by atoms with Crippen molar-refractivity contribution in [3.8, 4) is 5.75 Å². The highest BCUT2D eigenvalue weighted by Crippen LogP contribution is 2.19. The SMILES string of the molecule is CCOc1ccc(NC(=O)C(C)ONC(=O)Cc2cccc3ccccc23)cc1. The van der Waals surface area contributed by atoms with Crippen molar-refractivity contribution in [2.24, 2.45) is 0 Å². The lowest BCUT2D eigenvalue weighted by atomic mass is 10.0. The van der Waals surface area contributed by atoms with Crippen molar-refractivity contribution in [1.29, 1.82) is 0 Å². The molecule has 1 atom stereocenters. The molecule has 0 aliphatic rings. The Morgan fingerprint density at radius 2 is 1.69 bits per heavy atom. The lowest BCUT2D eigenvalue weighted by Gasteiger charge is -2.14. The maximum Gasteiger partial charge on any atom is 0.255 e. The number of hydrogen-bond acceptors (Lipinski definition) is 4. The summed E-state index contributed by atoms with van der Waals surface area (Å²) >= 11 is 0. The van der Waals surface area contributed by atoms with E-state index in [1.54, 1.807) is 31.2 Å². The van der Waals surface area contributed by atoms with Crippen LogP contribution in [0.4, 0.5) is 5.69 Å². The Hall–Kier alpha value is -3.38. The first kappa shape index (κ1) is 20.4. The quantitative estimate of drug-likeness (QED) is 0.571. The van der Waals surface area contributed by atoms with Crippen LogP contribution in [0.15, 0.2) is 66.7 Å². The number of ether oxygens (including phenoxy) is 1. The number of carbonyl (C=O) groups excluding carboxylic acids is 2. The monoisotopic (exact) mass is 392 g/mol. The predicted octanol–water partition coefficient (Wildman–Crippen LogP) is 3.86. The number of rotatable bonds is 8. The fourth-order valence-electron chi connectivity index (χ4n) is 2.91. The molecule has 0 aromatic heterocycles. The first-order chi connectivity index (χ1) is 14.1. The third kappa shape index (κ3) is 5.56. The summed E-state index contributed by atoms with van der Waals surface area (Å²) in [6.07, 6.45) is -0.688. The van der Waals surface area contributed by atoms with Gasteiger partial charge in [0.1, 0.15) is 5.75 Å². The second-order valence-corrected chi connectivity index (χ2v) is 6.55. The number of nitrogens with one attached hydrogen (secondary N) is 2. The van der Waals surface area contributed by atoms with Crippen LogP contribution in [0.5, 0.6) is 5.75 Å². The van der Waals surface area contributed by atoms with E-state index >= 15 is 0 Å². The van der Waals surface area contributed by atoms with Crippen molar-refractivity contribution in [2.75, 3.05) is 11.9 Å². The third-order valence-electron chi connectivity index (χ3n) is 4.38. The highest BCUT2D eigenvalue weighted by atomic mass is 16.7. The van der Waals surface area contributed by atoms with Crippen LogP contribution in [0.1, 0.15) is 19.4 Å². The summed E-state index contributed by atoms with van der Waals surface area (Å²) in [6, 6.07) is 20.7. The molecule has 2 amide bonds. The predicted molar refractivity (Wildman–Crippen MR) is 113 cm³/mol. The molecule has 3 aromatic rings. The molecule has 3 aromatic carbocycles. The largest absolute Gasteiger partial charge is 0.494 e. The van der Waals surface area contributed by atoms with E-state index in [0.29, 0.717) is 12.3 Å². The summed E-state index contributed by atoms with van der Waals surface area (Å²) in [5.41, 5.74) is 3.89. The number of hydrogen-bond donors (Lipinski definition) is 2. The molecule has 0 aliphatic carbocycles. The Bertz CT molecular complexity index is 980. The van der Waals surface area contributed by atoms with Gasteiger partial charge in [-0.3, -0.25) is 14.4 Å². The first-order valence-corrected chi connectivity index (χ1v) is 9.51. The van der Waals surface area contributed by atoms with Gasteiger partial charge in [-0.25, -0.2) is 5.48 Å². The van der Waals surface area contributed by atoms with Gasteiger partial charge in [0.15, 0.2) is 6.10 Å². The van der Waals surface area contributed by atoms with E-state index in [2.05, 4.69) is 10.8 Å². The zero-order chi connectivity index (χ0) is 20.6. The van der Waals surface area contributed by atoms with Crippen molar-refractivity contribution in [3.63, 3.8) is 0 Å². The molecule has 0 aliphatic heterocycles. The van der Waals surface area contributed by atoms with E-state index in [-0.39, 0.29) is 18.2 Å². The summed E-state index contributed by atoms with van der Waals surface area (Å²) in [4.78, 5) is 29.8. The molecule has 6 heteroatoms. The zero-order valence-electron chi connectivity index (χ0n) is 16.5. The van der Waals surface area contributed by atoms with Gasteiger partial charge in [-0.15, -0.1) is 0 Å². The van der Waals surface area contributed by atoms with Gasteiger partial charge in [-0.05, 0) is 54.4 Å². The van der Waals surface area contributed by atoms with Gasteiger partial charge in [0, 0.05) is 5.69 Å².